The molecule has 37 heavy (non-hydrogen) atoms. The van der Waals surface area contributed by atoms with Gasteiger partial charge in [-0.25, -0.2) is 9.97 Å². The standard InChI is InChI=1S/C26H28Cl2N6O3/c1-15(35)34(18-9-10-30-22(11-18)26(36)37)14-16-5-7-17(8-6-16)23-13-31-24(29)25(33-23)32-12-19-20(27)3-2-4-21(19)28/h2-8,13,18,22,30H,9-12,14H2,1H3,(H2,29,31)(H,32,33)(H,36,37)/t18?,22-/m1/s1. The summed E-state index contributed by atoms with van der Waals surface area (Å²) in [6.07, 6.45) is 2.68. The fourth-order valence-corrected chi connectivity index (χ4v) is 4.92. The van der Waals surface area contributed by atoms with Gasteiger partial charge in [-0.2, -0.15) is 0 Å². The lowest BCUT2D eigenvalue weighted by Gasteiger charge is -2.36. The Bertz CT molecular complexity index is 1270. The molecule has 9 nitrogen and oxygen atoms in total. The molecule has 0 saturated carbocycles. The largest absolute Gasteiger partial charge is 0.480 e. The molecule has 1 aliphatic heterocycles. The van der Waals surface area contributed by atoms with E-state index in [0.717, 1.165) is 16.7 Å². The molecule has 5 N–H and O–H groups in total. The summed E-state index contributed by atoms with van der Waals surface area (Å²) in [4.78, 5) is 34.4. The van der Waals surface area contributed by atoms with E-state index in [9.17, 15) is 14.7 Å². The molecule has 1 fully saturated rings. The van der Waals surface area contributed by atoms with Crippen LogP contribution < -0.4 is 16.4 Å². The lowest BCUT2D eigenvalue weighted by atomic mass is 9.97. The number of aromatic nitrogens is 2. The molecular weight excluding hydrogens is 515 g/mol. The van der Waals surface area contributed by atoms with Crippen molar-refractivity contribution in [1.29, 1.82) is 0 Å². The van der Waals surface area contributed by atoms with Crippen LogP contribution in [-0.4, -0.2) is 50.5 Å². The second kappa shape index (κ2) is 11.8. The quantitative estimate of drug-likeness (QED) is 0.332. The van der Waals surface area contributed by atoms with Gasteiger partial charge in [0.1, 0.15) is 6.04 Å². The van der Waals surface area contributed by atoms with Crippen LogP contribution in [0.5, 0.6) is 0 Å². The molecule has 1 unspecified atom stereocenters. The van der Waals surface area contributed by atoms with Crippen LogP contribution in [0.1, 0.15) is 30.9 Å². The Morgan fingerprint density at radius 1 is 1.19 bits per heavy atom. The number of hydrogen-bond donors (Lipinski definition) is 4. The average molecular weight is 543 g/mol. The van der Waals surface area contributed by atoms with Crippen LogP contribution in [0.3, 0.4) is 0 Å². The number of nitrogens with two attached hydrogens (primary N) is 1. The minimum atomic E-state index is -0.897. The highest BCUT2D eigenvalue weighted by Crippen LogP contribution is 2.27. The van der Waals surface area contributed by atoms with Crippen LogP contribution in [0.15, 0.2) is 48.7 Å². The Hall–Kier alpha value is -3.40. The van der Waals surface area contributed by atoms with Gasteiger partial charge in [0.05, 0.1) is 11.9 Å². The highest BCUT2D eigenvalue weighted by Gasteiger charge is 2.31. The summed E-state index contributed by atoms with van der Waals surface area (Å²) in [7, 11) is 0. The number of amides is 1. The predicted molar refractivity (Wildman–Crippen MR) is 144 cm³/mol. The average Bonchev–Trinajstić information content (AvgIpc) is 2.88. The molecule has 11 heteroatoms. The smallest absolute Gasteiger partial charge is 0.320 e. The van der Waals surface area contributed by atoms with Crippen LogP contribution in [0.25, 0.3) is 11.3 Å². The number of hydrogen-bond acceptors (Lipinski definition) is 7. The van der Waals surface area contributed by atoms with E-state index in [4.69, 9.17) is 28.9 Å². The molecule has 4 rings (SSSR count). The molecule has 0 bridgehead atoms. The summed E-state index contributed by atoms with van der Waals surface area (Å²) in [5.41, 5.74) is 9.16. The molecule has 1 aliphatic rings. The molecule has 0 spiro atoms. The summed E-state index contributed by atoms with van der Waals surface area (Å²) in [6, 6.07) is 12.2. The zero-order chi connectivity index (χ0) is 26.5. The number of aliphatic carboxylic acids is 1. The number of nitrogens with one attached hydrogen (secondary N) is 2. The maximum atomic E-state index is 12.4. The van der Waals surface area contributed by atoms with Crippen LogP contribution >= 0.6 is 23.2 Å². The van der Waals surface area contributed by atoms with Gasteiger partial charge in [0.2, 0.25) is 5.91 Å². The summed E-state index contributed by atoms with van der Waals surface area (Å²) in [5.74, 6) is -0.314. The predicted octanol–water partition coefficient (Wildman–Crippen LogP) is 4.20. The first-order valence-electron chi connectivity index (χ1n) is 11.8. The second-order valence-corrected chi connectivity index (χ2v) is 9.72. The van der Waals surface area contributed by atoms with Crippen molar-refractivity contribution in [2.75, 3.05) is 17.6 Å². The molecule has 2 atom stereocenters. The molecule has 1 aromatic heterocycles. The summed E-state index contributed by atoms with van der Waals surface area (Å²) in [5, 5.41) is 16.6. The molecule has 2 aromatic carbocycles. The van der Waals surface area contributed by atoms with Gasteiger partial charge >= 0.3 is 5.97 Å². The van der Waals surface area contributed by atoms with Gasteiger partial charge < -0.3 is 26.4 Å². The van der Waals surface area contributed by atoms with E-state index < -0.39 is 12.0 Å². The molecule has 2 heterocycles. The van der Waals surface area contributed by atoms with E-state index >= 15 is 0 Å². The van der Waals surface area contributed by atoms with Gasteiger partial charge in [-0.1, -0.05) is 53.5 Å². The number of piperidine rings is 1. The number of rotatable bonds is 8. The Balaban J connectivity index is 1.47. The van der Waals surface area contributed by atoms with Crippen LogP contribution in [-0.2, 0) is 22.7 Å². The number of nitrogens with zero attached hydrogens (tertiary/aromatic N) is 3. The minimum absolute atomic E-state index is 0.0844. The third kappa shape index (κ3) is 6.49. The first-order valence-corrected chi connectivity index (χ1v) is 12.6. The number of nitrogen functional groups attached to an aromatic ring is 1. The van der Waals surface area contributed by atoms with E-state index in [-0.39, 0.29) is 17.8 Å². The third-order valence-corrected chi connectivity index (χ3v) is 7.13. The van der Waals surface area contributed by atoms with Gasteiger partial charge in [-0.15, -0.1) is 0 Å². The Kier molecular flexibility index (Phi) is 8.48. The number of carboxylic acids is 1. The van der Waals surface area contributed by atoms with E-state index in [2.05, 4.69) is 20.6 Å². The van der Waals surface area contributed by atoms with Crippen molar-refractivity contribution in [3.8, 4) is 11.3 Å². The monoisotopic (exact) mass is 542 g/mol. The normalized spacial score (nSPS) is 17.3. The van der Waals surface area contributed by atoms with Crippen molar-refractivity contribution in [1.82, 2.24) is 20.2 Å². The number of carboxylic acid groups (broad SMARTS) is 1. The Morgan fingerprint density at radius 3 is 2.54 bits per heavy atom. The first kappa shape index (κ1) is 26.7. The highest BCUT2D eigenvalue weighted by atomic mass is 35.5. The van der Waals surface area contributed by atoms with E-state index in [0.29, 0.717) is 54.0 Å². The van der Waals surface area contributed by atoms with Crippen molar-refractivity contribution < 1.29 is 14.7 Å². The Morgan fingerprint density at radius 2 is 1.89 bits per heavy atom. The van der Waals surface area contributed by atoms with Crippen LogP contribution in [0, 0.1) is 0 Å². The SMILES string of the molecule is CC(=O)N(Cc1ccc(-c2cnc(N)c(NCc3c(Cl)cccc3Cl)n2)cc1)C1CCN[C@@H](C(=O)O)C1. The fourth-order valence-electron chi connectivity index (χ4n) is 4.38. The number of carbonyl (C=O) groups is 2. The van der Waals surface area contributed by atoms with E-state index in [1.54, 1.807) is 29.3 Å². The lowest BCUT2D eigenvalue weighted by Crippen LogP contribution is -2.51. The van der Waals surface area contributed by atoms with Crippen molar-refractivity contribution in [3.05, 3.63) is 69.8 Å². The van der Waals surface area contributed by atoms with Gasteiger partial charge in [-0.3, -0.25) is 9.59 Å². The van der Waals surface area contributed by atoms with Crippen LogP contribution in [0.2, 0.25) is 10.0 Å². The van der Waals surface area contributed by atoms with Crippen molar-refractivity contribution in [2.24, 2.45) is 0 Å². The van der Waals surface area contributed by atoms with Crippen molar-refractivity contribution in [2.45, 2.75) is 44.9 Å². The van der Waals surface area contributed by atoms with Crippen molar-refractivity contribution in [3.63, 3.8) is 0 Å². The summed E-state index contributed by atoms with van der Waals surface area (Å²) >= 11 is 12.5. The molecule has 194 valence electrons. The zero-order valence-corrected chi connectivity index (χ0v) is 21.8. The zero-order valence-electron chi connectivity index (χ0n) is 20.2. The van der Waals surface area contributed by atoms with E-state index in [1.807, 2.05) is 24.3 Å². The number of halogens is 2. The van der Waals surface area contributed by atoms with Gasteiger partial charge in [-0.05, 0) is 37.1 Å². The van der Waals surface area contributed by atoms with Gasteiger partial charge in [0.15, 0.2) is 11.6 Å². The van der Waals surface area contributed by atoms with E-state index in [1.165, 1.54) is 6.92 Å². The third-order valence-electron chi connectivity index (χ3n) is 6.42. The topological polar surface area (TPSA) is 133 Å². The first-order chi connectivity index (χ1) is 17.7. The van der Waals surface area contributed by atoms with Gasteiger partial charge in [0.25, 0.3) is 0 Å². The lowest BCUT2D eigenvalue weighted by molar-refractivity contribution is -0.142. The maximum Gasteiger partial charge on any atom is 0.320 e. The second-order valence-electron chi connectivity index (χ2n) is 8.91. The van der Waals surface area contributed by atoms with Crippen molar-refractivity contribution >= 4 is 46.7 Å². The molecule has 3 aromatic rings. The highest BCUT2D eigenvalue weighted by molar-refractivity contribution is 6.36. The fraction of sp³-hybridized carbons (Fsp3) is 0.308. The number of anilines is 2. The minimum Gasteiger partial charge on any atom is -0.480 e. The van der Waals surface area contributed by atoms with Crippen LogP contribution in [0.4, 0.5) is 11.6 Å². The Labute approximate surface area is 225 Å². The summed E-state index contributed by atoms with van der Waals surface area (Å²) in [6.45, 7) is 2.80. The molecule has 1 saturated heterocycles. The molecular formula is C26H28Cl2N6O3. The number of carbonyl (C=O) groups excluding carboxylic acids is 1. The molecule has 1 amide bonds. The summed E-state index contributed by atoms with van der Waals surface area (Å²) < 4.78 is 0. The number of benzene rings is 2. The molecule has 0 radical (unpaired) electrons. The van der Waals surface area contributed by atoms with Gasteiger partial charge in [0, 0.05) is 47.2 Å². The maximum absolute atomic E-state index is 12.4. The molecule has 0 aliphatic carbocycles.